The van der Waals surface area contributed by atoms with Gasteiger partial charge in [0.25, 0.3) is 5.91 Å². The molecule has 0 aliphatic carbocycles. The number of para-hydroxylation sites is 2. The number of nitrogens with zero attached hydrogens (tertiary/aromatic N) is 3. The van der Waals surface area contributed by atoms with Crippen molar-refractivity contribution in [3.63, 3.8) is 0 Å². The van der Waals surface area contributed by atoms with Gasteiger partial charge in [0, 0.05) is 22.9 Å². The van der Waals surface area contributed by atoms with Crippen LogP contribution in [0.5, 0.6) is 5.75 Å². The molecule has 154 valence electrons. The summed E-state index contributed by atoms with van der Waals surface area (Å²) in [6.07, 6.45) is 3.35. The second kappa shape index (κ2) is 9.04. The third kappa shape index (κ3) is 4.51. The first-order valence-electron chi connectivity index (χ1n) is 9.53. The molecule has 3 aromatic carbocycles. The lowest BCUT2D eigenvalue weighted by molar-refractivity contribution is 0.0955. The lowest BCUT2D eigenvalue weighted by Gasteiger charge is -2.06. The van der Waals surface area contributed by atoms with Crippen LogP contribution in [0.15, 0.2) is 90.2 Å². The molecule has 4 rings (SSSR count). The van der Waals surface area contributed by atoms with Gasteiger partial charge >= 0.3 is 0 Å². The van der Waals surface area contributed by atoms with Crippen molar-refractivity contribution in [1.82, 2.24) is 15.2 Å². The summed E-state index contributed by atoms with van der Waals surface area (Å²) in [7, 11) is 1.60. The lowest BCUT2D eigenvalue weighted by Crippen LogP contribution is -2.17. The van der Waals surface area contributed by atoms with Crippen LogP contribution < -0.4 is 10.2 Å². The third-order valence-electron chi connectivity index (χ3n) is 4.60. The van der Waals surface area contributed by atoms with Crippen LogP contribution in [-0.2, 0) is 0 Å². The number of carbonyl (C=O) groups is 1. The van der Waals surface area contributed by atoms with E-state index in [1.807, 2.05) is 60.8 Å². The molecule has 0 bridgehead atoms. The molecule has 1 aromatic heterocycles. The molecule has 1 N–H and O–H groups in total. The fourth-order valence-electron chi connectivity index (χ4n) is 3.07. The minimum Gasteiger partial charge on any atom is -0.496 e. The van der Waals surface area contributed by atoms with Crippen LogP contribution in [0.1, 0.15) is 15.9 Å². The van der Waals surface area contributed by atoms with Gasteiger partial charge in [0.05, 0.1) is 19.0 Å². The number of rotatable bonds is 6. The molecule has 0 atom stereocenters. The summed E-state index contributed by atoms with van der Waals surface area (Å²) in [5, 5.41) is 8.79. The Bertz CT molecular complexity index is 1220. The molecule has 0 spiro atoms. The van der Waals surface area contributed by atoms with E-state index in [-0.39, 0.29) is 0 Å². The molecular formula is C24H19FN4O2. The molecule has 0 saturated heterocycles. The number of hydrazone groups is 1. The fourth-order valence-corrected chi connectivity index (χ4v) is 3.07. The maximum absolute atomic E-state index is 13.1. The number of aromatic nitrogens is 2. The normalized spacial score (nSPS) is 10.9. The van der Waals surface area contributed by atoms with Crippen molar-refractivity contribution in [2.45, 2.75) is 0 Å². The van der Waals surface area contributed by atoms with E-state index in [2.05, 4.69) is 10.5 Å². The molecule has 6 nitrogen and oxygen atoms in total. The quantitative estimate of drug-likeness (QED) is 0.374. The van der Waals surface area contributed by atoms with Crippen LogP contribution in [-0.4, -0.2) is 29.0 Å². The Hall–Kier alpha value is -4.26. The average molecular weight is 414 g/mol. The van der Waals surface area contributed by atoms with Gasteiger partial charge in [-0.2, -0.15) is 10.2 Å². The maximum Gasteiger partial charge on any atom is 0.271 e. The highest BCUT2D eigenvalue weighted by atomic mass is 19.1. The van der Waals surface area contributed by atoms with Gasteiger partial charge in [-0.25, -0.2) is 14.5 Å². The fraction of sp³-hybridized carbons (Fsp3) is 0.0417. The van der Waals surface area contributed by atoms with Crippen molar-refractivity contribution >= 4 is 12.1 Å². The molecule has 0 radical (unpaired) electrons. The number of halogens is 1. The van der Waals surface area contributed by atoms with E-state index in [1.165, 1.54) is 30.5 Å². The van der Waals surface area contributed by atoms with Crippen LogP contribution in [0.3, 0.4) is 0 Å². The molecule has 0 aliphatic heterocycles. The summed E-state index contributed by atoms with van der Waals surface area (Å²) in [6, 6.07) is 22.5. The Labute approximate surface area is 178 Å². The summed E-state index contributed by atoms with van der Waals surface area (Å²) < 4.78 is 20.3. The van der Waals surface area contributed by atoms with E-state index >= 15 is 0 Å². The number of ether oxygens (including phenoxy) is 1. The number of amides is 1. The number of hydrogen-bond donors (Lipinski definition) is 1. The zero-order valence-electron chi connectivity index (χ0n) is 16.7. The van der Waals surface area contributed by atoms with Gasteiger partial charge in [-0.05, 0) is 48.5 Å². The molecule has 1 heterocycles. The van der Waals surface area contributed by atoms with Crippen LogP contribution in [0.25, 0.3) is 16.9 Å². The summed E-state index contributed by atoms with van der Waals surface area (Å²) in [5.41, 5.74) is 5.79. The van der Waals surface area contributed by atoms with Crippen LogP contribution in [0.2, 0.25) is 0 Å². The zero-order valence-corrected chi connectivity index (χ0v) is 16.7. The molecule has 1 amide bonds. The monoisotopic (exact) mass is 414 g/mol. The van der Waals surface area contributed by atoms with E-state index in [4.69, 9.17) is 9.84 Å². The smallest absolute Gasteiger partial charge is 0.271 e. The van der Waals surface area contributed by atoms with Gasteiger partial charge < -0.3 is 4.74 Å². The van der Waals surface area contributed by atoms with Gasteiger partial charge in [0.2, 0.25) is 0 Å². The van der Waals surface area contributed by atoms with Crippen molar-refractivity contribution in [1.29, 1.82) is 0 Å². The van der Waals surface area contributed by atoms with Crippen LogP contribution in [0.4, 0.5) is 4.39 Å². The highest BCUT2D eigenvalue weighted by Crippen LogP contribution is 2.31. The number of carbonyl (C=O) groups excluding carboxylic acids is 1. The number of methoxy groups -OCH3 is 1. The minimum atomic E-state index is -0.439. The summed E-state index contributed by atoms with van der Waals surface area (Å²) in [5.74, 6) is -0.175. The van der Waals surface area contributed by atoms with Gasteiger partial charge in [0.1, 0.15) is 17.3 Å². The highest BCUT2D eigenvalue weighted by molar-refractivity contribution is 5.95. The first-order valence-corrected chi connectivity index (χ1v) is 9.53. The number of hydrogen-bond acceptors (Lipinski definition) is 4. The van der Waals surface area contributed by atoms with Crippen molar-refractivity contribution < 1.29 is 13.9 Å². The van der Waals surface area contributed by atoms with Gasteiger partial charge in [-0.3, -0.25) is 4.79 Å². The zero-order chi connectivity index (χ0) is 21.6. The molecule has 4 aromatic rings. The Morgan fingerprint density at radius 1 is 1.03 bits per heavy atom. The minimum absolute atomic E-state index is 0.309. The van der Waals surface area contributed by atoms with E-state index in [0.29, 0.717) is 22.6 Å². The predicted octanol–water partition coefficient (Wildman–Crippen LogP) is 4.45. The lowest BCUT2D eigenvalue weighted by atomic mass is 10.1. The van der Waals surface area contributed by atoms with Gasteiger partial charge in [-0.15, -0.1) is 0 Å². The first kappa shape index (κ1) is 20.0. The maximum atomic E-state index is 13.1. The summed E-state index contributed by atoms with van der Waals surface area (Å²) in [6.45, 7) is 0. The molecule has 0 aliphatic rings. The standard InChI is InChI=1S/C24H19FN4O2/c1-31-22-10-6-5-9-21(22)23-18(16-29(28-23)20-7-3-2-4-8-20)15-26-27-24(30)17-11-13-19(25)14-12-17/h2-16H,1H3,(H,27,30)/b26-15-. The molecule has 7 heteroatoms. The van der Waals surface area contributed by atoms with Crippen LogP contribution >= 0.6 is 0 Å². The topological polar surface area (TPSA) is 68.5 Å². The molecule has 0 fully saturated rings. The van der Waals surface area contributed by atoms with Crippen molar-refractivity contribution in [3.8, 4) is 22.7 Å². The average Bonchev–Trinajstić information content (AvgIpc) is 3.24. The molecule has 0 unspecified atom stereocenters. The van der Waals surface area contributed by atoms with E-state index in [1.54, 1.807) is 11.8 Å². The molecule has 31 heavy (non-hydrogen) atoms. The van der Waals surface area contributed by atoms with E-state index < -0.39 is 11.7 Å². The number of benzene rings is 3. The Balaban J connectivity index is 1.67. The SMILES string of the molecule is COc1ccccc1-c1nn(-c2ccccc2)cc1/C=N\NC(=O)c1ccc(F)cc1. The molecular weight excluding hydrogens is 395 g/mol. The van der Waals surface area contributed by atoms with Crippen molar-refractivity contribution in [3.05, 3.63) is 102 Å². The van der Waals surface area contributed by atoms with E-state index in [9.17, 15) is 9.18 Å². The van der Waals surface area contributed by atoms with Crippen molar-refractivity contribution in [2.24, 2.45) is 5.10 Å². The Morgan fingerprint density at radius 2 is 1.74 bits per heavy atom. The highest BCUT2D eigenvalue weighted by Gasteiger charge is 2.15. The van der Waals surface area contributed by atoms with Crippen LogP contribution in [0, 0.1) is 5.82 Å². The number of nitrogens with one attached hydrogen (secondary N) is 1. The summed E-state index contributed by atoms with van der Waals surface area (Å²) in [4.78, 5) is 12.2. The second-order valence-corrected chi connectivity index (χ2v) is 6.62. The largest absolute Gasteiger partial charge is 0.496 e. The van der Waals surface area contributed by atoms with E-state index in [0.717, 1.165) is 11.3 Å². The Kier molecular flexibility index (Phi) is 5.84. The second-order valence-electron chi connectivity index (χ2n) is 6.62. The summed E-state index contributed by atoms with van der Waals surface area (Å²) >= 11 is 0. The third-order valence-corrected chi connectivity index (χ3v) is 4.60. The predicted molar refractivity (Wildman–Crippen MR) is 117 cm³/mol. The van der Waals surface area contributed by atoms with Crippen molar-refractivity contribution in [2.75, 3.05) is 7.11 Å². The Morgan fingerprint density at radius 3 is 2.48 bits per heavy atom. The molecule has 0 saturated carbocycles. The van der Waals surface area contributed by atoms with Gasteiger partial charge in [0.15, 0.2) is 0 Å². The first-order chi connectivity index (χ1) is 15.2. The van der Waals surface area contributed by atoms with Gasteiger partial charge in [-0.1, -0.05) is 30.3 Å².